The van der Waals surface area contributed by atoms with Crippen LogP contribution in [0.5, 0.6) is 0 Å². The van der Waals surface area contributed by atoms with E-state index in [2.05, 4.69) is 10.6 Å². The first kappa shape index (κ1) is 21.2. The maximum Gasteiger partial charge on any atom is 0.339 e. The topological polar surface area (TPSA) is 75.3 Å². The molecule has 0 bridgehead atoms. The Morgan fingerprint density at radius 3 is 2.62 bits per heavy atom. The summed E-state index contributed by atoms with van der Waals surface area (Å²) in [5.74, 6) is -0.301. The molecular formula is C27H24ClN3O3. The molecule has 3 aromatic rings. The zero-order chi connectivity index (χ0) is 23.5. The summed E-state index contributed by atoms with van der Waals surface area (Å²) in [5, 5.41) is 10.7. The Kier molecular flexibility index (Phi) is 4.76. The van der Waals surface area contributed by atoms with Crippen LogP contribution in [0.3, 0.4) is 0 Å². The zero-order valence-electron chi connectivity index (χ0n) is 18.7. The number of hydrogen-bond donors (Lipinski definition) is 0. The lowest BCUT2D eigenvalue weighted by Crippen LogP contribution is -2.45. The molecule has 2 fully saturated rings. The van der Waals surface area contributed by atoms with E-state index in [0.29, 0.717) is 55.0 Å². The molecule has 0 atom stereocenters. The second-order valence-corrected chi connectivity index (χ2v) is 10.3. The highest BCUT2D eigenvalue weighted by Crippen LogP contribution is 2.50. The Hall–Kier alpha value is -3.30. The van der Waals surface area contributed by atoms with E-state index in [0.717, 1.165) is 29.3 Å². The van der Waals surface area contributed by atoms with Crippen LogP contribution >= 0.6 is 11.6 Å². The Morgan fingerprint density at radius 1 is 1.12 bits per heavy atom. The number of nitrogens with zero attached hydrogens (tertiary/aromatic N) is 3. The summed E-state index contributed by atoms with van der Waals surface area (Å²) >= 11 is 6.30. The van der Waals surface area contributed by atoms with Crippen molar-refractivity contribution in [3.8, 4) is 6.07 Å². The minimum absolute atomic E-state index is 0.000577. The maximum atomic E-state index is 13.7. The molecule has 3 heterocycles. The summed E-state index contributed by atoms with van der Waals surface area (Å²) in [6.07, 6.45) is 5.66. The van der Waals surface area contributed by atoms with Crippen molar-refractivity contribution in [1.82, 2.24) is 9.47 Å². The highest BCUT2D eigenvalue weighted by atomic mass is 35.5. The number of hydrogen-bond acceptors (Lipinski definition) is 4. The third kappa shape index (κ3) is 3.30. The third-order valence-corrected chi connectivity index (χ3v) is 8.01. The second kappa shape index (κ2) is 7.61. The smallest absolute Gasteiger partial charge is 0.339 e. The molecule has 7 heteroatoms. The lowest BCUT2D eigenvalue weighted by molar-refractivity contribution is -0.0389. The molecule has 6 nitrogen and oxygen atoms in total. The van der Waals surface area contributed by atoms with Gasteiger partial charge in [0, 0.05) is 66.5 Å². The van der Waals surface area contributed by atoms with E-state index in [9.17, 15) is 14.9 Å². The molecule has 0 radical (unpaired) electrons. The summed E-state index contributed by atoms with van der Waals surface area (Å²) in [7, 11) is 0. The molecule has 1 saturated heterocycles. The predicted molar refractivity (Wildman–Crippen MR) is 128 cm³/mol. The quantitative estimate of drug-likeness (QED) is 0.482. The highest BCUT2D eigenvalue weighted by molar-refractivity contribution is 6.31. The first-order chi connectivity index (χ1) is 16.4. The van der Waals surface area contributed by atoms with E-state index in [-0.39, 0.29) is 17.3 Å². The van der Waals surface area contributed by atoms with Crippen LogP contribution in [0.2, 0.25) is 5.02 Å². The van der Waals surface area contributed by atoms with Crippen LogP contribution in [0.15, 0.2) is 48.7 Å². The monoisotopic (exact) mass is 473 g/mol. The van der Waals surface area contributed by atoms with Gasteiger partial charge in [-0.05, 0) is 31.0 Å². The second-order valence-electron chi connectivity index (χ2n) is 9.89. The van der Waals surface area contributed by atoms with Gasteiger partial charge >= 0.3 is 5.97 Å². The molecule has 1 spiro atoms. The van der Waals surface area contributed by atoms with Gasteiger partial charge in [0.25, 0.3) is 5.91 Å². The number of esters is 1. The summed E-state index contributed by atoms with van der Waals surface area (Å²) in [6.45, 7) is 1.73. The lowest BCUT2D eigenvalue weighted by atomic mass is 9.83. The van der Waals surface area contributed by atoms with Gasteiger partial charge in [-0.25, -0.2) is 4.79 Å². The molecule has 0 unspecified atom stereocenters. The van der Waals surface area contributed by atoms with Gasteiger partial charge in [0.15, 0.2) is 0 Å². The van der Waals surface area contributed by atoms with Crippen molar-refractivity contribution in [2.24, 2.45) is 5.41 Å². The van der Waals surface area contributed by atoms with E-state index >= 15 is 0 Å². The van der Waals surface area contributed by atoms with Crippen molar-refractivity contribution >= 4 is 34.4 Å². The van der Waals surface area contributed by atoms with Crippen molar-refractivity contribution in [3.05, 3.63) is 70.4 Å². The molecule has 1 aliphatic carbocycles. The van der Waals surface area contributed by atoms with Crippen molar-refractivity contribution in [2.75, 3.05) is 13.1 Å². The van der Waals surface area contributed by atoms with E-state index in [4.69, 9.17) is 16.3 Å². The molecule has 1 saturated carbocycles. The van der Waals surface area contributed by atoms with Gasteiger partial charge < -0.3 is 14.2 Å². The Labute approximate surface area is 202 Å². The number of fused-ring (bicyclic) bond motifs is 3. The Balaban J connectivity index is 1.27. The average molecular weight is 474 g/mol. The number of rotatable bonds is 4. The van der Waals surface area contributed by atoms with Gasteiger partial charge in [-0.2, -0.15) is 5.26 Å². The summed E-state index contributed by atoms with van der Waals surface area (Å²) in [6, 6.07) is 15.5. The highest BCUT2D eigenvalue weighted by Gasteiger charge is 2.48. The van der Waals surface area contributed by atoms with Gasteiger partial charge in [-0.15, -0.1) is 0 Å². The minimum Gasteiger partial charge on any atom is -0.450 e. The summed E-state index contributed by atoms with van der Waals surface area (Å²) < 4.78 is 7.94. The molecule has 3 aliphatic rings. The fourth-order valence-corrected chi connectivity index (χ4v) is 5.79. The molecule has 2 aliphatic heterocycles. The largest absolute Gasteiger partial charge is 0.450 e. The van der Waals surface area contributed by atoms with Crippen molar-refractivity contribution in [1.29, 1.82) is 5.26 Å². The Bertz CT molecular complexity index is 1370. The molecule has 6 rings (SSSR count). The molecule has 172 valence electrons. The van der Waals surface area contributed by atoms with Crippen LogP contribution < -0.4 is 0 Å². The van der Waals surface area contributed by atoms with Crippen LogP contribution in [0.25, 0.3) is 10.9 Å². The number of carbonyl (C=O) groups is 2. The van der Waals surface area contributed by atoms with Crippen LogP contribution in [0.1, 0.15) is 58.4 Å². The SMILES string of the molecule is N#CCC1(Cn2cc(C(=O)N3CCC4(CC3)OC(=O)c3ccccc34)c3ccc(Cl)cc32)CC1. The molecule has 0 N–H and O–H groups in total. The number of piperidine rings is 1. The Morgan fingerprint density at radius 2 is 1.88 bits per heavy atom. The number of carbonyl (C=O) groups excluding carboxylic acids is 2. The number of likely N-dealkylation sites (tertiary alicyclic amines) is 1. The zero-order valence-corrected chi connectivity index (χ0v) is 19.5. The maximum absolute atomic E-state index is 13.7. The molecule has 1 aromatic heterocycles. The van der Waals surface area contributed by atoms with Crippen LogP contribution in [0.4, 0.5) is 0 Å². The van der Waals surface area contributed by atoms with Crippen LogP contribution in [-0.4, -0.2) is 34.4 Å². The van der Waals surface area contributed by atoms with E-state index < -0.39 is 5.60 Å². The summed E-state index contributed by atoms with van der Waals surface area (Å²) in [4.78, 5) is 27.9. The number of aromatic nitrogens is 1. The first-order valence-corrected chi connectivity index (χ1v) is 12.1. The van der Waals surface area contributed by atoms with Gasteiger partial charge in [0.1, 0.15) is 5.60 Å². The van der Waals surface area contributed by atoms with Gasteiger partial charge in [-0.1, -0.05) is 35.9 Å². The van der Waals surface area contributed by atoms with Crippen molar-refractivity contribution in [2.45, 2.75) is 44.2 Å². The van der Waals surface area contributed by atoms with E-state index in [1.54, 1.807) is 0 Å². The van der Waals surface area contributed by atoms with Gasteiger partial charge in [-0.3, -0.25) is 4.79 Å². The minimum atomic E-state index is -0.637. The number of halogens is 1. The molecule has 1 amide bonds. The fraction of sp³-hybridized carbons (Fsp3) is 0.370. The predicted octanol–water partition coefficient (Wildman–Crippen LogP) is 5.29. The van der Waals surface area contributed by atoms with Crippen LogP contribution in [-0.2, 0) is 16.9 Å². The van der Waals surface area contributed by atoms with Crippen molar-refractivity contribution < 1.29 is 14.3 Å². The molecule has 34 heavy (non-hydrogen) atoms. The first-order valence-electron chi connectivity index (χ1n) is 11.7. The lowest BCUT2D eigenvalue weighted by Gasteiger charge is -2.38. The summed E-state index contributed by atoms with van der Waals surface area (Å²) in [5.41, 5.74) is 2.51. The number of benzene rings is 2. The molecular weight excluding hydrogens is 450 g/mol. The van der Waals surface area contributed by atoms with E-state index in [1.807, 2.05) is 53.6 Å². The number of amides is 1. The van der Waals surface area contributed by atoms with E-state index in [1.165, 1.54) is 0 Å². The average Bonchev–Trinajstić information content (AvgIpc) is 3.43. The fourth-order valence-electron chi connectivity index (χ4n) is 5.62. The normalized spacial score (nSPS) is 19.6. The number of ether oxygens (including phenoxy) is 1. The van der Waals surface area contributed by atoms with Gasteiger partial charge in [0.2, 0.25) is 0 Å². The van der Waals surface area contributed by atoms with Crippen molar-refractivity contribution in [3.63, 3.8) is 0 Å². The van der Waals surface area contributed by atoms with Gasteiger partial charge in [0.05, 0.1) is 22.7 Å². The standard InChI is InChI=1S/C27H24ClN3O3/c28-18-5-6-19-21(16-31(23(19)15-18)17-26(7-8-26)9-12-29)24(32)30-13-10-27(11-14-30)22-4-2-1-3-20(22)25(33)34-27/h1-6,15-16H,7-11,13-14,17H2. The third-order valence-electron chi connectivity index (χ3n) is 7.78. The molecule has 2 aromatic carbocycles. The number of nitriles is 1. The van der Waals surface area contributed by atoms with Crippen LogP contribution in [0, 0.1) is 16.7 Å².